The number of carbonyl (C=O) groups excluding carboxylic acids is 1. The molecule has 270 valence electrons. The van der Waals surface area contributed by atoms with Crippen LogP contribution in [0.4, 0.5) is 10.5 Å². The smallest absolute Gasteiger partial charge is 0.321 e. The van der Waals surface area contributed by atoms with Crippen LogP contribution in [0, 0.1) is 11.3 Å². The van der Waals surface area contributed by atoms with Gasteiger partial charge in [-0.3, -0.25) is 0 Å². The van der Waals surface area contributed by atoms with E-state index in [-0.39, 0.29) is 11.4 Å². The lowest BCUT2D eigenvalue weighted by Gasteiger charge is -2.38. The number of methoxy groups -OCH3 is 2. The van der Waals surface area contributed by atoms with Gasteiger partial charge in [0.2, 0.25) is 5.82 Å². The number of urea groups is 1. The minimum atomic E-state index is -0.965. The van der Waals surface area contributed by atoms with Gasteiger partial charge in [-0.15, -0.1) is 15.0 Å². The van der Waals surface area contributed by atoms with Gasteiger partial charge in [-0.25, -0.2) is 4.79 Å². The first-order chi connectivity index (χ1) is 25.7. The molecule has 7 rings (SSSR count). The van der Waals surface area contributed by atoms with Crippen LogP contribution in [0.3, 0.4) is 0 Å². The van der Waals surface area contributed by atoms with Crippen molar-refractivity contribution in [2.75, 3.05) is 32.6 Å². The molecule has 0 unspecified atom stereocenters. The number of carbonyl (C=O) groups is 1. The number of nitrogens with one attached hydrogen (secondary N) is 1. The molecular weight excluding hydrogens is 661 g/mol. The van der Waals surface area contributed by atoms with Crippen LogP contribution in [0.25, 0.3) is 22.5 Å². The highest BCUT2D eigenvalue weighted by Gasteiger charge is 2.41. The minimum Gasteiger partial charge on any atom is -0.497 e. The molecule has 1 aliphatic rings. The molecule has 9 heteroatoms. The lowest BCUT2D eigenvalue weighted by molar-refractivity contribution is 0.128. The number of hydrogen-bond donors (Lipinski definition) is 1. The quantitative estimate of drug-likeness (QED) is 0.151. The molecule has 5 aromatic carbocycles. The fourth-order valence-electron chi connectivity index (χ4n) is 7.61. The number of rotatable bonds is 9. The number of ether oxygens (including phenoxy) is 2. The lowest BCUT2D eigenvalue weighted by Crippen LogP contribution is -2.43. The maximum atomic E-state index is 13.8. The van der Waals surface area contributed by atoms with Gasteiger partial charge >= 0.3 is 6.03 Å². The van der Waals surface area contributed by atoms with Crippen LogP contribution in [0.5, 0.6) is 11.5 Å². The molecule has 1 saturated heterocycles. The summed E-state index contributed by atoms with van der Waals surface area (Å²) >= 11 is 0. The second-order valence-corrected chi connectivity index (χ2v) is 14.6. The van der Waals surface area contributed by atoms with Crippen molar-refractivity contribution >= 4 is 11.7 Å². The van der Waals surface area contributed by atoms with Gasteiger partial charge in [0.1, 0.15) is 5.75 Å². The molecule has 0 aliphatic carbocycles. The van der Waals surface area contributed by atoms with Crippen molar-refractivity contribution < 1.29 is 14.3 Å². The second-order valence-electron chi connectivity index (χ2n) is 14.6. The standard InChI is InChI=1S/C44H46N6O3/c1-43(2,3)32-27-29-49(30-28-32)42(51)45-38-26-25-37(31-21-23-36(52-4)24-22-31)39(40(38)53-5)41-46-48-50(47-41)44(33-15-9-6-10-16-33,34-17-11-7-12-18-34)35-19-13-8-14-20-35/h6-26,32H,27-30H2,1-5H3,(H,45,51). The van der Waals surface area contributed by atoms with E-state index in [9.17, 15) is 4.79 Å². The maximum Gasteiger partial charge on any atom is 0.321 e. The van der Waals surface area contributed by atoms with Crippen molar-refractivity contribution in [2.24, 2.45) is 11.3 Å². The van der Waals surface area contributed by atoms with Crippen molar-refractivity contribution in [3.8, 4) is 34.0 Å². The van der Waals surface area contributed by atoms with Gasteiger partial charge in [0.05, 0.1) is 25.5 Å². The first-order valence-electron chi connectivity index (χ1n) is 18.1. The maximum absolute atomic E-state index is 13.8. The predicted molar refractivity (Wildman–Crippen MR) is 209 cm³/mol. The number of likely N-dealkylation sites (tertiary alicyclic amines) is 1. The number of amides is 2. The van der Waals surface area contributed by atoms with Crippen molar-refractivity contribution in [3.63, 3.8) is 0 Å². The van der Waals surface area contributed by atoms with Gasteiger partial charge < -0.3 is 19.7 Å². The number of tetrazole rings is 1. The summed E-state index contributed by atoms with van der Waals surface area (Å²) in [5.74, 6) is 2.10. The highest BCUT2D eigenvalue weighted by Crippen LogP contribution is 2.45. The molecule has 2 heterocycles. The zero-order valence-electron chi connectivity index (χ0n) is 31.0. The largest absolute Gasteiger partial charge is 0.497 e. The molecule has 1 N–H and O–H groups in total. The number of anilines is 1. The normalized spacial score (nSPS) is 13.8. The molecular formula is C44H46N6O3. The second kappa shape index (κ2) is 14.9. The van der Waals surface area contributed by atoms with Crippen LogP contribution in [-0.4, -0.2) is 58.4 Å². The molecule has 9 nitrogen and oxygen atoms in total. The lowest BCUT2D eigenvalue weighted by atomic mass is 9.75. The zero-order valence-corrected chi connectivity index (χ0v) is 31.0. The van der Waals surface area contributed by atoms with Crippen molar-refractivity contribution in [3.05, 3.63) is 144 Å². The Morgan fingerprint density at radius 3 is 1.75 bits per heavy atom. The first-order valence-corrected chi connectivity index (χ1v) is 18.1. The third-order valence-corrected chi connectivity index (χ3v) is 10.5. The number of hydrogen-bond acceptors (Lipinski definition) is 6. The summed E-state index contributed by atoms with van der Waals surface area (Å²) in [5, 5.41) is 18.0. The molecule has 53 heavy (non-hydrogen) atoms. The van der Waals surface area contributed by atoms with Gasteiger partial charge in [0.25, 0.3) is 0 Å². The summed E-state index contributed by atoms with van der Waals surface area (Å²) in [5.41, 5.74) is 5.01. The van der Waals surface area contributed by atoms with E-state index in [1.165, 1.54) is 0 Å². The molecule has 1 fully saturated rings. The molecule has 0 atom stereocenters. The highest BCUT2D eigenvalue weighted by atomic mass is 16.5. The highest BCUT2D eigenvalue weighted by molar-refractivity contribution is 5.96. The molecule has 2 amide bonds. The SMILES string of the molecule is COc1ccc(-c2ccc(NC(=O)N3CCC(C(C)(C)C)CC3)c(OC)c2-c2nnn(C(c3ccccc3)(c3ccccc3)c3ccccc3)n2)cc1. The topological polar surface area (TPSA) is 94.4 Å². The van der Waals surface area contributed by atoms with Gasteiger partial charge in [0.15, 0.2) is 11.3 Å². The Hall–Kier alpha value is -5.96. The molecule has 1 aromatic heterocycles. The molecule has 0 saturated carbocycles. The summed E-state index contributed by atoms with van der Waals surface area (Å²) in [4.78, 5) is 17.4. The Morgan fingerprint density at radius 1 is 0.717 bits per heavy atom. The Morgan fingerprint density at radius 2 is 1.26 bits per heavy atom. The van der Waals surface area contributed by atoms with Crippen LogP contribution < -0.4 is 14.8 Å². The summed E-state index contributed by atoms with van der Waals surface area (Å²) in [7, 11) is 3.25. The van der Waals surface area contributed by atoms with Gasteiger partial charge in [0, 0.05) is 13.1 Å². The van der Waals surface area contributed by atoms with E-state index < -0.39 is 5.54 Å². The van der Waals surface area contributed by atoms with Crippen LogP contribution in [0.2, 0.25) is 0 Å². The van der Waals surface area contributed by atoms with Crippen LogP contribution >= 0.6 is 0 Å². The number of nitrogens with zero attached hydrogens (tertiary/aromatic N) is 5. The number of piperidine rings is 1. The van der Waals surface area contributed by atoms with Gasteiger partial charge in [-0.1, -0.05) is 130 Å². The number of benzene rings is 5. The molecule has 0 radical (unpaired) electrons. The van der Waals surface area contributed by atoms with Crippen LogP contribution in [0.1, 0.15) is 50.3 Å². The van der Waals surface area contributed by atoms with Gasteiger partial charge in [-0.2, -0.15) is 0 Å². The molecule has 1 aliphatic heterocycles. The van der Waals surface area contributed by atoms with E-state index in [0.717, 1.165) is 46.4 Å². The zero-order chi connectivity index (χ0) is 37.0. The minimum absolute atomic E-state index is 0.160. The third-order valence-electron chi connectivity index (χ3n) is 10.5. The van der Waals surface area contributed by atoms with E-state index in [4.69, 9.17) is 24.9 Å². The van der Waals surface area contributed by atoms with E-state index in [1.54, 1.807) is 19.0 Å². The monoisotopic (exact) mass is 706 g/mol. The van der Waals surface area contributed by atoms with Crippen molar-refractivity contribution in [1.82, 2.24) is 25.1 Å². The van der Waals surface area contributed by atoms with E-state index in [1.807, 2.05) is 95.9 Å². The fourth-order valence-corrected chi connectivity index (χ4v) is 7.61. The molecule has 6 aromatic rings. The fraction of sp³-hybridized carbons (Fsp3) is 0.273. The average Bonchev–Trinajstić information content (AvgIpc) is 3.69. The Kier molecular flexibility index (Phi) is 10.00. The van der Waals surface area contributed by atoms with E-state index in [2.05, 4.69) is 62.5 Å². The predicted octanol–water partition coefficient (Wildman–Crippen LogP) is 9.15. The summed E-state index contributed by atoms with van der Waals surface area (Å²) in [6, 6.07) is 42.2. The first kappa shape index (κ1) is 35.4. The summed E-state index contributed by atoms with van der Waals surface area (Å²) in [6.45, 7) is 8.22. The van der Waals surface area contributed by atoms with E-state index in [0.29, 0.717) is 41.8 Å². The van der Waals surface area contributed by atoms with Crippen LogP contribution in [0.15, 0.2) is 127 Å². The molecule has 0 spiro atoms. The van der Waals surface area contributed by atoms with E-state index >= 15 is 0 Å². The third kappa shape index (κ3) is 6.87. The Balaban J connectivity index is 1.38. The Bertz CT molecular complexity index is 2040. The number of aromatic nitrogens is 4. The summed E-state index contributed by atoms with van der Waals surface area (Å²) in [6.07, 6.45) is 1.93. The molecule has 0 bridgehead atoms. The average molecular weight is 707 g/mol. The summed E-state index contributed by atoms with van der Waals surface area (Å²) < 4.78 is 11.6. The van der Waals surface area contributed by atoms with Gasteiger partial charge in [-0.05, 0) is 75.4 Å². The Labute approximate surface area is 311 Å². The van der Waals surface area contributed by atoms with Crippen LogP contribution in [-0.2, 0) is 5.54 Å². The van der Waals surface area contributed by atoms with Crippen molar-refractivity contribution in [1.29, 1.82) is 0 Å². The van der Waals surface area contributed by atoms with Crippen molar-refractivity contribution in [2.45, 2.75) is 39.2 Å².